The van der Waals surface area contributed by atoms with Crippen molar-refractivity contribution in [1.82, 2.24) is 19.5 Å². The molecule has 2 saturated heterocycles. The van der Waals surface area contributed by atoms with E-state index >= 15 is 0 Å². The van der Waals surface area contributed by atoms with Crippen LogP contribution in [-0.4, -0.2) is 51.6 Å². The Hall–Kier alpha value is -2.48. The third kappa shape index (κ3) is 3.73. The zero-order valence-electron chi connectivity index (χ0n) is 16.3. The molecule has 5 rings (SSSR count). The van der Waals surface area contributed by atoms with Crippen molar-refractivity contribution >= 4 is 27.3 Å². The molecule has 0 bridgehead atoms. The first-order valence-corrected chi connectivity index (χ1v) is 11.1. The van der Waals surface area contributed by atoms with Crippen LogP contribution in [0.2, 0.25) is 0 Å². The molecule has 6 nitrogen and oxygen atoms in total. The summed E-state index contributed by atoms with van der Waals surface area (Å²) in [4.78, 5) is 22.5. The lowest BCUT2D eigenvalue weighted by molar-refractivity contribution is -0.137. The number of amides is 1. The number of hydrogen-bond acceptors (Lipinski definition) is 5. The number of benzene rings is 1. The molecule has 152 valence electrons. The minimum absolute atomic E-state index is 0.151. The van der Waals surface area contributed by atoms with Crippen molar-refractivity contribution in [3.05, 3.63) is 36.3 Å². The van der Waals surface area contributed by atoms with Crippen LogP contribution >= 0.6 is 11.3 Å². The molecule has 1 amide bonds. The predicted molar refractivity (Wildman–Crippen MR) is 112 cm³/mol. The van der Waals surface area contributed by atoms with Gasteiger partial charge < -0.3 is 9.80 Å². The highest BCUT2D eigenvalue weighted by Crippen LogP contribution is 2.30. The lowest BCUT2D eigenvalue weighted by Crippen LogP contribution is -2.44. The van der Waals surface area contributed by atoms with Gasteiger partial charge in [-0.15, -0.1) is 5.10 Å². The Bertz CT molecular complexity index is 968. The standard InChI is InChI=1S/C21H24FN5OS/c22-17-6-4-15(5-7-17)18-14-27-20(23-18)29-21(24-27)26-12-8-16(9-13-26)19(28)25-10-2-1-3-11-25/h4-7,14,16H,1-3,8-13H2. The average Bonchev–Trinajstić information content (AvgIpc) is 3.34. The maximum absolute atomic E-state index is 13.1. The lowest BCUT2D eigenvalue weighted by Gasteiger charge is -2.35. The van der Waals surface area contributed by atoms with Crippen LogP contribution in [0, 0.1) is 11.7 Å². The summed E-state index contributed by atoms with van der Waals surface area (Å²) in [6, 6.07) is 6.34. The molecule has 2 fully saturated rings. The molecule has 2 aromatic heterocycles. The lowest BCUT2D eigenvalue weighted by atomic mass is 9.94. The number of anilines is 1. The largest absolute Gasteiger partial charge is 0.347 e. The number of piperidine rings is 2. The van der Waals surface area contributed by atoms with E-state index in [9.17, 15) is 9.18 Å². The predicted octanol–water partition coefficient (Wildman–Crippen LogP) is 3.83. The van der Waals surface area contributed by atoms with Gasteiger partial charge in [0.15, 0.2) is 0 Å². The fourth-order valence-electron chi connectivity index (χ4n) is 4.27. The molecule has 0 spiro atoms. The van der Waals surface area contributed by atoms with Crippen molar-refractivity contribution in [2.24, 2.45) is 5.92 Å². The van der Waals surface area contributed by atoms with Crippen LogP contribution in [0.25, 0.3) is 16.2 Å². The van der Waals surface area contributed by atoms with Crippen LogP contribution in [0.4, 0.5) is 9.52 Å². The van der Waals surface area contributed by atoms with Gasteiger partial charge in [-0.2, -0.15) is 0 Å². The minimum Gasteiger partial charge on any atom is -0.347 e. The first kappa shape index (κ1) is 18.5. The Kier molecular flexibility index (Phi) is 4.95. The number of likely N-dealkylation sites (tertiary alicyclic amines) is 1. The molecule has 0 N–H and O–H groups in total. The van der Waals surface area contributed by atoms with Gasteiger partial charge in [-0.25, -0.2) is 13.9 Å². The van der Waals surface area contributed by atoms with Crippen LogP contribution in [-0.2, 0) is 4.79 Å². The van der Waals surface area contributed by atoms with E-state index in [1.165, 1.54) is 18.6 Å². The Morgan fingerprint density at radius 2 is 1.76 bits per heavy atom. The number of halogens is 1. The van der Waals surface area contributed by atoms with Crippen molar-refractivity contribution in [3.63, 3.8) is 0 Å². The third-order valence-electron chi connectivity index (χ3n) is 5.95. The van der Waals surface area contributed by atoms with Crippen molar-refractivity contribution in [2.75, 3.05) is 31.1 Å². The van der Waals surface area contributed by atoms with E-state index in [4.69, 9.17) is 0 Å². The van der Waals surface area contributed by atoms with Crippen molar-refractivity contribution < 1.29 is 9.18 Å². The number of carbonyl (C=O) groups is 1. The summed E-state index contributed by atoms with van der Waals surface area (Å²) in [6.45, 7) is 3.57. The van der Waals surface area contributed by atoms with Crippen LogP contribution in [0.5, 0.6) is 0 Å². The SMILES string of the molecule is O=C(C1CCN(c2nn3cc(-c4ccc(F)cc4)nc3s2)CC1)N1CCCCC1. The molecule has 0 saturated carbocycles. The quantitative estimate of drug-likeness (QED) is 0.655. The highest BCUT2D eigenvalue weighted by atomic mass is 32.1. The summed E-state index contributed by atoms with van der Waals surface area (Å²) >= 11 is 1.56. The van der Waals surface area contributed by atoms with Crippen molar-refractivity contribution in [1.29, 1.82) is 0 Å². The highest BCUT2D eigenvalue weighted by Gasteiger charge is 2.30. The molecule has 29 heavy (non-hydrogen) atoms. The van der Waals surface area contributed by atoms with Gasteiger partial charge in [0.25, 0.3) is 0 Å². The number of nitrogens with zero attached hydrogens (tertiary/aromatic N) is 5. The summed E-state index contributed by atoms with van der Waals surface area (Å²) in [5.74, 6) is 0.248. The summed E-state index contributed by atoms with van der Waals surface area (Å²) < 4.78 is 14.9. The maximum Gasteiger partial charge on any atom is 0.225 e. The minimum atomic E-state index is -0.252. The maximum atomic E-state index is 13.1. The second-order valence-electron chi connectivity index (χ2n) is 7.89. The zero-order valence-corrected chi connectivity index (χ0v) is 17.1. The van der Waals surface area contributed by atoms with Crippen LogP contribution in [0.15, 0.2) is 30.5 Å². The second kappa shape index (κ2) is 7.74. The number of carbonyl (C=O) groups excluding carboxylic acids is 1. The van der Waals surface area contributed by atoms with E-state index in [-0.39, 0.29) is 11.7 Å². The van der Waals surface area contributed by atoms with E-state index in [0.29, 0.717) is 5.91 Å². The fraction of sp³-hybridized carbons (Fsp3) is 0.476. The van der Waals surface area contributed by atoms with Crippen LogP contribution in [0.1, 0.15) is 32.1 Å². The molecule has 4 heterocycles. The molecule has 8 heteroatoms. The molecule has 2 aliphatic rings. The molecule has 0 aliphatic carbocycles. The molecular formula is C21H24FN5OS. The first-order chi connectivity index (χ1) is 14.2. The van der Waals surface area contributed by atoms with Gasteiger partial charge in [0.2, 0.25) is 16.0 Å². The molecule has 0 radical (unpaired) electrons. The summed E-state index contributed by atoms with van der Waals surface area (Å²) in [5, 5.41) is 5.64. The summed E-state index contributed by atoms with van der Waals surface area (Å²) in [7, 11) is 0. The zero-order chi connectivity index (χ0) is 19.8. The van der Waals surface area contributed by atoms with Gasteiger partial charge in [0.05, 0.1) is 11.9 Å². The topological polar surface area (TPSA) is 53.7 Å². The smallest absolute Gasteiger partial charge is 0.225 e. The molecule has 2 aliphatic heterocycles. The van der Waals surface area contributed by atoms with Gasteiger partial charge in [0, 0.05) is 37.7 Å². The Balaban J connectivity index is 1.24. The number of hydrogen-bond donors (Lipinski definition) is 0. The van der Waals surface area contributed by atoms with Gasteiger partial charge in [-0.3, -0.25) is 4.79 Å². The summed E-state index contributed by atoms with van der Waals surface area (Å²) in [5.41, 5.74) is 1.67. The number of aromatic nitrogens is 3. The monoisotopic (exact) mass is 413 g/mol. The number of imidazole rings is 1. The second-order valence-corrected chi connectivity index (χ2v) is 8.83. The Morgan fingerprint density at radius 1 is 1.03 bits per heavy atom. The van der Waals surface area contributed by atoms with E-state index in [2.05, 4.69) is 19.9 Å². The molecule has 3 aromatic rings. The molecule has 1 aromatic carbocycles. The van der Waals surface area contributed by atoms with Gasteiger partial charge in [0.1, 0.15) is 5.82 Å². The number of fused-ring (bicyclic) bond motifs is 1. The van der Waals surface area contributed by atoms with Gasteiger partial charge >= 0.3 is 0 Å². The van der Waals surface area contributed by atoms with Gasteiger partial charge in [-0.1, -0.05) is 11.3 Å². The van der Waals surface area contributed by atoms with E-state index in [1.54, 1.807) is 28.0 Å². The molecule has 0 unspecified atom stereocenters. The normalized spacial score (nSPS) is 18.5. The summed E-state index contributed by atoms with van der Waals surface area (Å²) in [6.07, 6.45) is 7.19. The average molecular weight is 414 g/mol. The Morgan fingerprint density at radius 3 is 2.45 bits per heavy atom. The Labute approximate surface area is 173 Å². The van der Waals surface area contributed by atoms with Crippen LogP contribution in [0.3, 0.4) is 0 Å². The first-order valence-electron chi connectivity index (χ1n) is 10.3. The van der Waals surface area contributed by atoms with E-state index < -0.39 is 0 Å². The van der Waals surface area contributed by atoms with Crippen LogP contribution < -0.4 is 4.90 Å². The molecule has 0 atom stereocenters. The third-order valence-corrected chi connectivity index (χ3v) is 6.94. The van der Waals surface area contributed by atoms with Crippen molar-refractivity contribution in [3.8, 4) is 11.3 Å². The van der Waals surface area contributed by atoms with E-state index in [1.807, 2.05) is 6.20 Å². The van der Waals surface area contributed by atoms with Gasteiger partial charge in [-0.05, 0) is 56.4 Å². The molecular weight excluding hydrogens is 389 g/mol. The highest BCUT2D eigenvalue weighted by molar-refractivity contribution is 7.20. The number of rotatable bonds is 3. The van der Waals surface area contributed by atoms with E-state index in [0.717, 1.165) is 73.2 Å². The fourth-order valence-corrected chi connectivity index (χ4v) is 5.20. The van der Waals surface area contributed by atoms with Crippen molar-refractivity contribution in [2.45, 2.75) is 32.1 Å².